The molecule has 0 heterocycles. The van der Waals surface area contributed by atoms with Gasteiger partial charge in [-0.25, -0.2) is 0 Å². The van der Waals surface area contributed by atoms with Crippen LogP contribution in [0.3, 0.4) is 0 Å². The van der Waals surface area contributed by atoms with Gasteiger partial charge < -0.3 is 10.4 Å². The Labute approximate surface area is 155 Å². The molecule has 2 aromatic carbocycles. The van der Waals surface area contributed by atoms with Gasteiger partial charge in [0.05, 0.1) is 0 Å². The maximum Gasteiger partial charge on any atom is 0.303 e. The van der Waals surface area contributed by atoms with Gasteiger partial charge in [-0.05, 0) is 36.1 Å². The number of hydrogen-bond acceptors (Lipinski definition) is 3. The fourth-order valence-corrected chi connectivity index (χ4v) is 3.38. The van der Waals surface area contributed by atoms with Gasteiger partial charge in [-0.15, -0.1) is 0 Å². The third-order valence-electron chi connectivity index (χ3n) is 3.93. The second-order valence-electron chi connectivity index (χ2n) is 6.21. The highest BCUT2D eigenvalue weighted by Crippen LogP contribution is 2.11. The van der Waals surface area contributed by atoms with E-state index in [1.54, 1.807) is 24.5 Å². The van der Waals surface area contributed by atoms with Crippen LogP contribution >= 0.6 is 0 Å². The second-order valence-corrected chi connectivity index (χ2v) is 7.65. The number of carboxylic acids is 1. The van der Waals surface area contributed by atoms with Gasteiger partial charge >= 0.3 is 5.97 Å². The van der Waals surface area contributed by atoms with Gasteiger partial charge in [0.25, 0.3) is 5.91 Å². The van der Waals surface area contributed by atoms with E-state index in [0.29, 0.717) is 24.2 Å². The van der Waals surface area contributed by atoms with E-state index in [4.69, 9.17) is 5.11 Å². The molecule has 6 heteroatoms. The fourth-order valence-electron chi connectivity index (χ4n) is 2.73. The SMILES string of the molecule is CS(=O)Cc1cccc(C(=O)NC(CCC(=O)O)Cc2ccccc2)c1. The van der Waals surface area contributed by atoms with Crippen LogP contribution in [0.2, 0.25) is 0 Å². The third kappa shape index (κ3) is 6.80. The Morgan fingerprint density at radius 1 is 1.08 bits per heavy atom. The van der Waals surface area contributed by atoms with E-state index in [0.717, 1.165) is 11.1 Å². The monoisotopic (exact) mass is 373 g/mol. The molecule has 0 aromatic heterocycles. The molecule has 2 unspecified atom stereocenters. The number of carbonyl (C=O) groups excluding carboxylic acids is 1. The van der Waals surface area contributed by atoms with Gasteiger partial charge in [-0.1, -0.05) is 42.5 Å². The van der Waals surface area contributed by atoms with Crippen molar-refractivity contribution in [3.05, 3.63) is 71.3 Å². The standard InChI is InChI=1S/C20H23NO4S/c1-26(25)14-16-8-5-9-17(12-16)20(24)21-18(10-11-19(22)23)13-15-6-3-2-4-7-15/h2-9,12,18H,10-11,13-14H2,1H3,(H,21,24)(H,22,23). The first kappa shape index (κ1) is 19.8. The lowest BCUT2D eigenvalue weighted by atomic mass is 10.0. The van der Waals surface area contributed by atoms with Crippen LogP contribution in [0, 0.1) is 0 Å². The van der Waals surface area contributed by atoms with E-state index < -0.39 is 16.8 Å². The summed E-state index contributed by atoms with van der Waals surface area (Å²) in [6.45, 7) is 0. The number of carboxylic acid groups (broad SMARTS) is 1. The molecule has 0 aliphatic rings. The zero-order valence-electron chi connectivity index (χ0n) is 14.7. The Hall–Kier alpha value is -2.47. The molecule has 2 atom stereocenters. The van der Waals surface area contributed by atoms with Gasteiger partial charge in [-0.2, -0.15) is 0 Å². The van der Waals surface area contributed by atoms with E-state index in [9.17, 15) is 13.8 Å². The summed E-state index contributed by atoms with van der Waals surface area (Å²) >= 11 is 0. The van der Waals surface area contributed by atoms with Gasteiger partial charge in [-0.3, -0.25) is 13.8 Å². The van der Waals surface area contributed by atoms with Gasteiger partial charge in [0.2, 0.25) is 0 Å². The summed E-state index contributed by atoms with van der Waals surface area (Å²) in [5, 5.41) is 11.9. The molecule has 0 fully saturated rings. The van der Waals surface area contributed by atoms with Crippen LogP contribution in [0.25, 0.3) is 0 Å². The van der Waals surface area contributed by atoms with Crippen LogP contribution in [-0.2, 0) is 27.8 Å². The van der Waals surface area contributed by atoms with Crippen molar-refractivity contribution in [2.45, 2.75) is 31.1 Å². The van der Waals surface area contributed by atoms with Gasteiger partial charge in [0.1, 0.15) is 0 Å². The molecule has 2 rings (SSSR count). The Balaban J connectivity index is 2.09. The van der Waals surface area contributed by atoms with Crippen LogP contribution in [0.5, 0.6) is 0 Å². The molecule has 1 amide bonds. The van der Waals surface area contributed by atoms with Crippen molar-refractivity contribution in [2.75, 3.05) is 6.26 Å². The third-order valence-corrected chi connectivity index (χ3v) is 4.67. The van der Waals surface area contributed by atoms with E-state index >= 15 is 0 Å². The van der Waals surface area contributed by atoms with Crippen molar-refractivity contribution in [1.82, 2.24) is 5.32 Å². The number of benzene rings is 2. The Morgan fingerprint density at radius 3 is 2.42 bits per heavy atom. The zero-order valence-corrected chi connectivity index (χ0v) is 15.5. The minimum atomic E-state index is -0.981. The normalized spacial score (nSPS) is 13.0. The largest absolute Gasteiger partial charge is 0.481 e. The molecular formula is C20H23NO4S. The van der Waals surface area contributed by atoms with Gasteiger partial charge in [0.15, 0.2) is 0 Å². The first-order valence-corrected chi connectivity index (χ1v) is 10.1. The maximum absolute atomic E-state index is 12.6. The molecular weight excluding hydrogens is 350 g/mol. The second kappa shape index (κ2) is 9.87. The number of amides is 1. The quantitative estimate of drug-likeness (QED) is 0.708. The van der Waals surface area contributed by atoms with E-state index in [-0.39, 0.29) is 18.4 Å². The molecule has 5 nitrogen and oxygen atoms in total. The lowest BCUT2D eigenvalue weighted by molar-refractivity contribution is -0.137. The number of aliphatic carboxylic acids is 1. The van der Waals surface area contributed by atoms with Crippen LogP contribution in [0.4, 0.5) is 0 Å². The summed E-state index contributed by atoms with van der Waals surface area (Å²) in [6.07, 6.45) is 2.54. The highest BCUT2D eigenvalue weighted by molar-refractivity contribution is 7.83. The predicted molar refractivity (Wildman–Crippen MR) is 102 cm³/mol. The first-order chi connectivity index (χ1) is 12.4. The van der Waals surface area contributed by atoms with E-state index in [2.05, 4.69) is 5.32 Å². The zero-order chi connectivity index (χ0) is 18.9. The van der Waals surface area contributed by atoms with Crippen molar-refractivity contribution < 1.29 is 18.9 Å². The summed E-state index contributed by atoms with van der Waals surface area (Å²) in [7, 11) is -0.981. The molecule has 0 saturated carbocycles. The van der Waals surface area contributed by atoms with Crippen molar-refractivity contribution in [1.29, 1.82) is 0 Å². The smallest absolute Gasteiger partial charge is 0.303 e. The van der Waals surface area contributed by atoms with Crippen LogP contribution in [0.1, 0.15) is 34.3 Å². The number of hydrogen-bond donors (Lipinski definition) is 2. The highest BCUT2D eigenvalue weighted by Gasteiger charge is 2.16. The number of nitrogens with one attached hydrogen (secondary N) is 1. The Kier molecular flexibility index (Phi) is 7.53. The van der Waals surface area contributed by atoms with Crippen molar-refractivity contribution in [3.63, 3.8) is 0 Å². The Bertz CT molecular complexity index is 776. The minimum absolute atomic E-state index is 0.00731. The first-order valence-electron chi connectivity index (χ1n) is 8.39. The molecule has 0 aliphatic carbocycles. The van der Waals surface area contributed by atoms with Crippen LogP contribution in [-0.4, -0.2) is 33.5 Å². The van der Waals surface area contributed by atoms with E-state index in [1.165, 1.54) is 0 Å². The predicted octanol–water partition coefficient (Wildman–Crippen LogP) is 2.77. The molecule has 138 valence electrons. The van der Waals surface area contributed by atoms with Crippen molar-refractivity contribution in [3.8, 4) is 0 Å². The summed E-state index contributed by atoms with van der Waals surface area (Å²) < 4.78 is 11.4. The molecule has 26 heavy (non-hydrogen) atoms. The fraction of sp³-hybridized carbons (Fsp3) is 0.300. The van der Waals surface area contributed by atoms with Crippen LogP contribution < -0.4 is 5.32 Å². The summed E-state index contributed by atoms with van der Waals surface area (Å²) in [6, 6.07) is 16.4. The molecule has 0 spiro atoms. The Morgan fingerprint density at radius 2 is 1.77 bits per heavy atom. The molecule has 2 N–H and O–H groups in total. The summed E-state index contributed by atoms with van der Waals surface area (Å²) in [5.74, 6) is -0.738. The van der Waals surface area contributed by atoms with Gasteiger partial charge in [0, 0.05) is 40.8 Å². The topological polar surface area (TPSA) is 83.5 Å². The summed E-state index contributed by atoms with van der Waals surface area (Å²) in [5.41, 5.74) is 2.36. The van der Waals surface area contributed by atoms with Crippen molar-refractivity contribution >= 4 is 22.7 Å². The minimum Gasteiger partial charge on any atom is -0.481 e. The maximum atomic E-state index is 12.6. The average Bonchev–Trinajstić information content (AvgIpc) is 2.60. The molecule has 0 bridgehead atoms. The molecule has 2 aromatic rings. The molecule has 0 aliphatic heterocycles. The highest BCUT2D eigenvalue weighted by atomic mass is 32.2. The van der Waals surface area contributed by atoms with Crippen LogP contribution in [0.15, 0.2) is 54.6 Å². The number of rotatable bonds is 9. The molecule has 0 saturated heterocycles. The lowest BCUT2D eigenvalue weighted by Gasteiger charge is -2.18. The lowest BCUT2D eigenvalue weighted by Crippen LogP contribution is -2.37. The summed E-state index contributed by atoms with van der Waals surface area (Å²) in [4.78, 5) is 23.5. The molecule has 0 radical (unpaired) electrons. The van der Waals surface area contributed by atoms with E-state index in [1.807, 2.05) is 36.4 Å². The van der Waals surface area contributed by atoms with Crippen molar-refractivity contribution in [2.24, 2.45) is 0 Å². The average molecular weight is 373 g/mol. The number of carbonyl (C=O) groups is 2.